The lowest BCUT2D eigenvalue weighted by atomic mass is 10.1. The molecule has 0 spiro atoms. The van der Waals surface area contributed by atoms with Gasteiger partial charge in [0.2, 0.25) is 0 Å². The molecular formula is C30H55NO6. The molecule has 7 heteroatoms. The van der Waals surface area contributed by atoms with Crippen LogP contribution >= 0.6 is 0 Å². The molecular weight excluding hydrogens is 470 g/mol. The number of aliphatic carboxylic acids is 3. The van der Waals surface area contributed by atoms with Crippen molar-refractivity contribution in [1.82, 2.24) is 0 Å². The second-order valence-electron chi connectivity index (χ2n) is 10.6. The van der Waals surface area contributed by atoms with Gasteiger partial charge in [0.05, 0.1) is 26.2 Å². The molecule has 0 unspecified atom stereocenters. The molecule has 0 bridgehead atoms. The fourth-order valence-electron chi connectivity index (χ4n) is 5.00. The third kappa shape index (κ3) is 24.2. The number of allylic oxidation sites excluding steroid dienone is 2. The highest BCUT2D eigenvalue weighted by Gasteiger charge is 2.26. The van der Waals surface area contributed by atoms with E-state index in [0.717, 1.165) is 75.6 Å². The normalized spacial score (nSPS) is 11.8. The molecule has 2 N–H and O–H groups in total. The van der Waals surface area contributed by atoms with Crippen LogP contribution in [0.3, 0.4) is 0 Å². The van der Waals surface area contributed by atoms with Crippen molar-refractivity contribution in [2.45, 2.75) is 135 Å². The Kier molecular flexibility index (Phi) is 23.2. The van der Waals surface area contributed by atoms with E-state index in [4.69, 9.17) is 10.2 Å². The Morgan fingerprint density at radius 2 is 0.946 bits per heavy atom. The van der Waals surface area contributed by atoms with Crippen molar-refractivity contribution < 1.29 is 34.2 Å². The average Bonchev–Trinajstić information content (AvgIpc) is 2.84. The van der Waals surface area contributed by atoms with E-state index in [1.807, 2.05) is 0 Å². The number of hydrogen-bond donors (Lipinski definition) is 2. The number of carboxylic acids is 3. The third-order valence-electron chi connectivity index (χ3n) is 7.20. The Bertz CT molecular complexity index is 564. The molecule has 0 aliphatic rings. The molecule has 7 nitrogen and oxygen atoms in total. The molecule has 0 aromatic heterocycles. The smallest absolute Gasteiger partial charge is 0.303 e. The highest BCUT2D eigenvalue weighted by molar-refractivity contribution is 5.66. The van der Waals surface area contributed by atoms with E-state index in [9.17, 15) is 19.5 Å². The number of carboxylic acid groups (broad SMARTS) is 3. The first-order valence-electron chi connectivity index (χ1n) is 14.9. The first kappa shape index (κ1) is 35.1. The van der Waals surface area contributed by atoms with Crippen molar-refractivity contribution >= 4 is 17.9 Å². The number of unbranched alkanes of at least 4 members (excludes halogenated alkanes) is 12. The minimum atomic E-state index is -1.02. The standard InChI is InChI=1S/C30H55NO6/c1-2-3-4-5-6-7-8-9-10-11-12-13-17-24-31(25-18-14-21-28(32)33,26-19-15-22-29(34)35)27-20-16-23-30(36)37/h9-10H,2-8,11-27H2,1H3,(H2-,32,33,34,35,36,37)/b10-9+. The molecule has 0 aliphatic heterocycles. The molecule has 0 aromatic rings. The van der Waals surface area contributed by atoms with Gasteiger partial charge in [-0.25, -0.2) is 0 Å². The van der Waals surface area contributed by atoms with Gasteiger partial charge in [0.15, 0.2) is 0 Å². The summed E-state index contributed by atoms with van der Waals surface area (Å²) in [5, 5.41) is 28.9. The van der Waals surface area contributed by atoms with Crippen molar-refractivity contribution in [2.75, 3.05) is 26.2 Å². The van der Waals surface area contributed by atoms with Gasteiger partial charge in [-0.2, -0.15) is 0 Å². The second kappa shape index (κ2) is 24.4. The molecule has 0 heterocycles. The number of carbonyl (C=O) groups excluding carboxylic acids is 1. The summed E-state index contributed by atoms with van der Waals surface area (Å²) >= 11 is 0. The summed E-state index contributed by atoms with van der Waals surface area (Å²) in [5.74, 6) is -2.58. The van der Waals surface area contributed by atoms with Gasteiger partial charge in [-0.3, -0.25) is 9.59 Å². The largest absolute Gasteiger partial charge is 0.550 e. The van der Waals surface area contributed by atoms with Crippen molar-refractivity contribution in [3.8, 4) is 0 Å². The van der Waals surface area contributed by atoms with Gasteiger partial charge in [-0.15, -0.1) is 0 Å². The van der Waals surface area contributed by atoms with Crippen molar-refractivity contribution in [3.63, 3.8) is 0 Å². The summed E-state index contributed by atoms with van der Waals surface area (Å²) in [6.07, 6.45) is 22.8. The highest BCUT2D eigenvalue weighted by Crippen LogP contribution is 2.19. The molecule has 0 amide bonds. The van der Waals surface area contributed by atoms with E-state index in [0.29, 0.717) is 19.3 Å². The zero-order chi connectivity index (χ0) is 27.6. The lowest BCUT2D eigenvalue weighted by molar-refractivity contribution is -0.929. The second-order valence-corrected chi connectivity index (χ2v) is 10.6. The molecule has 216 valence electrons. The van der Waals surface area contributed by atoms with Gasteiger partial charge in [0.1, 0.15) is 0 Å². The van der Waals surface area contributed by atoms with Crippen LogP contribution in [-0.2, 0) is 14.4 Å². The molecule has 0 saturated heterocycles. The monoisotopic (exact) mass is 525 g/mol. The Hall–Kier alpha value is -1.89. The van der Waals surface area contributed by atoms with Gasteiger partial charge in [0.25, 0.3) is 0 Å². The van der Waals surface area contributed by atoms with Crippen LogP contribution in [0, 0.1) is 0 Å². The van der Waals surface area contributed by atoms with E-state index >= 15 is 0 Å². The Balaban J connectivity index is 4.65. The molecule has 0 atom stereocenters. The van der Waals surface area contributed by atoms with E-state index in [1.165, 1.54) is 44.9 Å². The summed E-state index contributed by atoms with van der Waals surface area (Å²) in [4.78, 5) is 32.8. The third-order valence-corrected chi connectivity index (χ3v) is 7.20. The van der Waals surface area contributed by atoms with Crippen LogP contribution in [0.2, 0.25) is 0 Å². The van der Waals surface area contributed by atoms with Gasteiger partial charge in [0, 0.05) is 18.8 Å². The zero-order valence-corrected chi connectivity index (χ0v) is 23.6. The van der Waals surface area contributed by atoms with Gasteiger partial charge < -0.3 is 24.6 Å². The summed E-state index contributed by atoms with van der Waals surface area (Å²) in [6, 6.07) is 0. The van der Waals surface area contributed by atoms with Crippen LogP contribution in [0.25, 0.3) is 0 Å². The quantitative estimate of drug-likeness (QED) is 0.0724. The number of nitrogens with zero attached hydrogens (tertiary/aromatic N) is 1. The average molecular weight is 526 g/mol. The first-order chi connectivity index (χ1) is 17.8. The number of rotatable bonds is 28. The molecule has 0 radical (unpaired) electrons. The molecule has 0 aliphatic carbocycles. The molecule has 0 rings (SSSR count). The van der Waals surface area contributed by atoms with Crippen LogP contribution in [-0.4, -0.2) is 58.8 Å². The van der Waals surface area contributed by atoms with Crippen LogP contribution < -0.4 is 5.11 Å². The van der Waals surface area contributed by atoms with Gasteiger partial charge in [-0.1, -0.05) is 51.2 Å². The highest BCUT2D eigenvalue weighted by atomic mass is 16.4. The first-order valence-corrected chi connectivity index (χ1v) is 14.9. The van der Waals surface area contributed by atoms with Crippen molar-refractivity contribution in [3.05, 3.63) is 12.2 Å². The lowest BCUT2D eigenvalue weighted by Crippen LogP contribution is -2.51. The molecule has 0 aromatic carbocycles. The summed E-state index contributed by atoms with van der Waals surface area (Å²) in [7, 11) is 0. The van der Waals surface area contributed by atoms with Crippen LogP contribution in [0.1, 0.15) is 135 Å². The Labute approximate surface area is 225 Å². The summed E-state index contributed by atoms with van der Waals surface area (Å²) in [5.41, 5.74) is 0. The van der Waals surface area contributed by atoms with E-state index in [1.54, 1.807) is 0 Å². The number of hydrogen-bond acceptors (Lipinski definition) is 4. The minimum Gasteiger partial charge on any atom is -0.550 e. The van der Waals surface area contributed by atoms with Gasteiger partial charge >= 0.3 is 11.9 Å². The fourth-order valence-corrected chi connectivity index (χ4v) is 5.00. The van der Waals surface area contributed by atoms with Crippen molar-refractivity contribution in [2.24, 2.45) is 0 Å². The molecule has 0 saturated carbocycles. The van der Waals surface area contributed by atoms with Gasteiger partial charge in [-0.05, 0) is 83.5 Å². The van der Waals surface area contributed by atoms with E-state index < -0.39 is 17.9 Å². The Morgan fingerprint density at radius 3 is 1.38 bits per heavy atom. The topological polar surface area (TPSA) is 115 Å². The van der Waals surface area contributed by atoms with Crippen LogP contribution in [0.4, 0.5) is 0 Å². The summed E-state index contributed by atoms with van der Waals surface area (Å²) < 4.78 is 0.833. The van der Waals surface area contributed by atoms with E-state index in [2.05, 4.69) is 19.1 Å². The number of quaternary nitrogens is 1. The van der Waals surface area contributed by atoms with Crippen molar-refractivity contribution in [1.29, 1.82) is 0 Å². The van der Waals surface area contributed by atoms with E-state index in [-0.39, 0.29) is 19.3 Å². The Morgan fingerprint density at radius 1 is 0.568 bits per heavy atom. The maximum Gasteiger partial charge on any atom is 0.303 e. The molecule has 0 fully saturated rings. The maximum atomic E-state index is 11.0. The predicted octanol–water partition coefficient (Wildman–Crippen LogP) is 6.10. The fraction of sp³-hybridized carbons (Fsp3) is 0.833. The minimum absolute atomic E-state index is 0.0586. The summed E-state index contributed by atoms with van der Waals surface area (Å²) in [6.45, 7) is 5.80. The predicted molar refractivity (Wildman–Crippen MR) is 147 cm³/mol. The lowest BCUT2D eigenvalue weighted by Gasteiger charge is -2.39. The van der Waals surface area contributed by atoms with Crippen LogP contribution in [0.5, 0.6) is 0 Å². The SMILES string of the molecule is CCCCCCCC/C=C/CCCCC[N+](CCCCC(=O)[O-])(CCCCC(=O)O)CCCCC(=O)O. The zero-order valence-electron chi connectivity index (χ0n) is 23.6. The number of carbonyl (C=O) groups is 3. The van der Waals surface area contributed by atoms with Crippen LogP contribution in [0.15, 0.2) is 12.2 Å². The maximum absolute atomic E-state index is 11.0. The molecule has 37 heavy (non-hydrogen) atoms.